The molecule has 3 amide bonds. The molecule has 4 heterocycles. The van der Waals surface area contributed by atoms with Crippen LogP contribution >= 0.6 is 11.6 Å². The van der Waals surface area contributed by atoms with Crippen LogP contribution in [0.2, 0.25) is 5.02 Å². The number of benzene rings is 2. The summed E-state index contributed by atoms with van der Waals surface area (Å²) < 4.78 is 0. The van der Waals surface area contributed by atoms with Crippen LogP contribution in [-0.2, 0) is 19.9 Å². The van der Waals surface area contributed by atoms with Gasteiger partial charge >= 0.3 is 0 Å². The average molecular weight is 450 g/mol. The standard InChI is InChI=1S/C24H20ClN3O4/c1-12(29)13-4-7-15(8-5-13)28-21(30)19-18-3-2-10-27(18)24(20(19)22(28)31)16-11-14(25)6-9-17(16)26-23(24)32/h4-9,11,18-20H,2-3,10H2,1H3,(H,26,32)/t18-,19+,20-,24+/m0/s1. The normalized spacial score (nSPS) is 30.6. The Labute approximate surface area is 189 Å². The van der Waals surface area contributed by atoms with Crippen LogP contribution in [0.25, 0.3) is 0 Å². The number of hydrogen-bond donors (Lipinski definition) is 1. The number of anilines is 2. The van der Waals surface area contributed by atoms with Gasteiger partial charge in [0, 0.05) is 27.9 Å². The van der Waals surface area contributed by atoms with Crippen molar-refractivity contribution in [3.05, 3.63) is 58.6 Å². The monoisotopic (exact) mass is 449 g/mol. The minimum atomic E-state index is -1.24. The Bertz CT molecular complexity index is 1230. The van der Waals surface area contributed by atoms with Crippen molar-refractivity contribution in [2.75, 3.05) is 16.8 Å². The predicted octanol–water partition coefficient (Wildman–Crippen LogP) is 2.97. The second-order valence-electron chi connectivity index (χ2n) is 8.93. The maximum absolute atomic E-state index is 13.8. The van der Waals surface area contributed by atoms with Crippen molar-refractivity contribution in [2.45, 2.75) is 31.3 Å². The van der Waals surface area contributed by atoms with E-state index in [1.54, 1.807) is 42.5 Å². The first-order valence-corrected chi connectivity index (χ1v) is 11.1. The van der Waals surface area contributed by atoms with Crippen molar-refractivity contribution >= 4 is 46.5 Å². The van der Waals surface area contributed by atoms with Gasteiger partial charge in [-0.15, -0.1) is 0 Å². The molecule has 162 valence electrons. The van der Waals surface area contributed by atoms with E-state index < -0.39 is 17.4 Å². The Morgan fingerprint density at radius 3 is 2.56 bits per heavy atom. The molecular formula is C24H20ClN3O4. The number of imide groups is 1. The highest BCUT2D eigenvalue weighted by Crippen LogP contribution is 2.60. The molecule has 4 aliphatic heterocycles. The lowest BCUT2D eigenvalue weighted by atomic mass is 9.75. The lowest BCUT2D eigenvalue weighted by Gasteiger charge is -2.36. The number of nitrogens with zero attached hydrogens (tertiary/aromatic N) is 2. The van der Waals surface area contributed by atoms with Gasteiger partial charge in [0.2, 0.25) is 17.7 Å². The molecule has 32 heavy (non-hydrogen) atoms. The molecular weight excluding hydrogens is 430 g/mol. The number of fused-ring (bicyclic) bond motifs is 7. The fraction of sp³-hybridized carbons (Fsp3) is 0.333. The zero-order chi connectivity index (χ0) is 22.4. The molecule has 8 heteroatoms. The van der Waals surface area contributed by atoms with Gasteiger partial charge in [-0.25, -0.2) is 4.90 Å². The van der Waals surface area contributed by atoms with Crippen LogP contribution in [0.5, 0.6) is 0 Å². The molecule has 3 fully saturated rings. The molecule has 2 aromatic rings. The minimum Gasteiger partial charge on any atom is -0.324 e. The highest BCUT2D eigenvalue weighted by Gasteiger charge is 2.74. The van der Waals surface area contributed by atoms with E-state index in [2.05, 4.69) is 10.2 Å². The summed E-state index contributed by atoms with van der Waals surface area (Å²) in [5.41, 5.74) is 0.987. The number of Topliss-reactive ketones (excluding diaryl/α,β-unsaturated/α-hetero) is 1. The van der Waals surface area contributed by atoms with Gasteiger partial charge in [-0.3, -0.25) is 24.1 Å². The van der Waals surface area contributed by atoms with E-state index in [9.17, 15) is 19.2 Å². The molecule has 0 saturated carbocycles. The Hall–Kier alpha value is -3.03. The quantitative estimate of drug-likeness (QED) is 0.562. The van der Waals surface area contributed by atoms with E-state index >= 15 is 0 Å². The molecule has 1 spiro atoms. The van der Waals surface area contributed by atoms with Gasteiger partial charge in [-0.1, -0.05) is 11.6 Å². The van der Waals surface area contributed by atoms with Crippen molar-refractivity contribution in [2.24, 2.45) is 11.8 Å². The molecule has 4 aliphatic rings. The second kappa shape index (κ2) is 6.49. The maximum atomic E-state index is 13.8. The molecule has 0 aromatic heterocycles. The molecule has 2 aromatic carbocycles. The first kappa shape index (κ1) is 19.6. The zero-order valence-electron chi connectivity index (χ0n) is 17.3. The van der Waals surface area contributed by atoms with Gasteiger partial charge in [-0.05, 0) is 68.8 Å². The maximum Gasteiger partial charge on any atom is 0.250 e. The lowest BCUT2D eigenvalue weighted by molar-refractivity contribution is -0.135. The highest BCUT2D eigenvalue weighted by atomic mass is 35.5. The van der Waals surface area contributed by atoms with Crippen LogP contribution < -0.4 is 10.2 Å². The molecule has 0 unspecified atom stereocenters. The van der Waals surface area contributed by atoms with Gasteiger partial charge in [0.1, 0.15) is 5.54 Å². The molecule has 3 saturated heterocycles. The van der Waals surface area contributed by atoms with Crippen LogP contribution in [0, 0.1) is 11.8 Å². The lowest BCUT2D eigenvalue weighted by Crippen LogP contribution is -2.54. The van der Waals surface area contributed by atoms with Crippen molar-refractivity contribution in [1.82, 2.24) is 4.90 Å². The number of carbonyl (C=O) groups excluding carboxylic acids is 4. The molecule has 7 nitrogen and oxygen atoms in total. The third-order valence-electron chi connectivity index (χ3n) is 7.49. The largest absolute Gasteiger partial charge is 0.324 e. The third kappa shape index (κ3) is 2.25. The number of rotatable bonds is 2. The van der Waals surface area contributed by atoms with Gasteiger partial charge in [-0.2, -0.15) is 0 Å². The predicted molar refractivity (Wildman–Crippen MR) is 117 cm³/mol. The van der Waals surface area contributed by atoms with Crippen molar-refractivity contribution in [3.8, 4) is 0 Å². The number of amides is 3. The van der Waals surface area contributed by atoms with Crippen LogP contribution in [0.4, 0.5) is 11.4 Å². The molecule has 0 aliphatic carbocycles. The molecule has 0 radical (unpaired) electrons. The van der Waals surface area contributed by atoms with E-state index in [0.717, 1.165) is 12.8 Å². The molecule has 0 bridgehead atoms. The summed E-state index contributed by atoms with van der Waals surface area (Å²) in [6.07, 6.45) is 1.61. The molecule has 1 N–H and O–H groups in total. The Kier molecular flexibility index (Phi) is 3.99. The molecule has 6 rings (SSSR count). The second-order valence-corrected chi connectivity index (χ2v) is 9.37. The van der Waals surface area contributed by atoms with Gasteiger partial charge in [0.05, 0.1) is 17.5 Å². The number of nitrogens with one attached hydrogen (secondary N) is 1. The Morgan fingerprint density at radius 2 is 1.84 bits per heavy atom. The topological polar surface area (TPSA) is 86.8 Å². The van der Waals surface area contributed by atoms with Gasteiger partial charge in [0.25, 0.3) is 0 Å². The Morgan fingerprint density at radius 1 is 1.09 bits per heavy atom. The first-order chi connectivity index (χ1) is 15.4. The Balaban J connectivity index is 1.51. The van der Waals surface area contributed by atoms with Crippen LogP contribution in [-0.4, -0.2) is 41.0 Å². The average Bonchev–Trinajstić information content (AvgIpc) is 3.47. The number of halogens is 1. The number of ketones is 1. The van der Waals surface area contributed by atoms with Gasteiger partial charge < -0.3 is 5.32 Å². The summed E-state index contributed by atoms with van der Waals surface area (Å²) in [4.78, 5) is 55.9. The third-order valence-corrected chi connectivity index (χ3v) is 7.72. The SMILES string of the molecule is CC(=O)c1ccc(N2C(=O)[C@H]3[C@@H](C2=O)[C@]2(C(=O)Nc4ccc(Cl)cc42)N2CCC[C@@H]32)cc1. The summed E-state index contributed by atoms with van der Waals surface area (Å²) in [6, 6.07) is 11.5. The number of hydrogen-bond acceptors (Lipinski definition) is 5. The van der Waals surface area contributed by atoms with E-state index in [-0.39, 0.29) is 29.5 Å². The zero-order valence-corrected chi connectivity index (χ0v) is 18.1. The summed E-state index contributed by atoms with van der Waals surface area (Å²) in [7, 11) is 0. The smallest absolute Gasteiger partial charge is 0.250 e. The van der Waals surface area contributed by atoms with Crippen LogP contribution in [0.3, 0.4) is 0 Å². The summed E-state index contributed by atoms with van der Waals surface area (Å²) in [6.45, 7) is 2.11. The first-order valence-electron chi connectivity index (χ1n) is 10.7. The summed E-state index contributed by atoms with van der Waals surface area (Å²) in [5.74, 6) is -2.46. The summed E-state index contributed by atoms with van der Waals surface area (Å²) >= 11 is 6.30. The van der Waals surface area contributed by atoms with E-state index in [1.165, 1.54) is 11.8 Å². The van der Waals surface area contributed by atoms with Crippen molar-refractivity contribution < 1.29 is 19.2 Å². The van der Waals surface area contributed by atoms with Crippen molar-refractivity contribution in [3.63, 3.8) is 0 Å². The van der Waals surface area contributed by atoms with E-state index in [4.69, 9.17) is 11.6 Å². The molecule has 4 atom stereocenters. The number of carbonyl (C=O) groups is 4. The van der Waals surface area contributed by atoms with E-state index in [0.29, 0.717) is 34.1 Å². The highest BCUT2D eigenvalue weighted by molar-refractivity contribution is 6.31. The van der Waals surface area contributed by atoms with Gasteiger partial charge in [0.15, 0.2) is 5.78 Å². The fourth-order valence-electron chi connectivity index (χ4n) is 6.27. The summed E-state index contributed by atoms with van der Waals surface area (Å²) in [5, 5.41) is 3.41. The van der Waals surface area contributed by atoms with Crippen molar-refractivity contribution in [1.29, 1.82) is 0 Å². The van der Waals surface area contributed by atoms with Crippen LogP contribution in [0.1, 0.15) is 35.7 Å². The van der Waals surface area contributed by atoms with E-state index in [1.807, 2.05) is 0 Å². The fourth-order valence-corrected chi connectivity index (χ4v) is 6.45. The van der Waals surface area contributed by atoms with Crippen LogP contribution in [0.15, 0.2) is 42.5 Å². The minimum absolute atomic E-state index is 0.0934.